The van der Waals surface area contributed by atoms with Crippen LogP contribution in [0.5, 0.6) is 0 Å². The van der Waals surface area contributed by atoms with Gasteiger partial charge >= 0.3 is 0 Å². The number of amides is 2. The van der Waals surface area contributed by atoms with Crippen molar-refractivity contribution in [3.8, 4) is 11.3 Å². The van der Waals surface area contributed by atoms with Crippen molar-refractivity contribution < 1.29 is 14.4 Å². The van der Waals surface area contributed by atoms with E-state index < -0.39 is 0 Å². The average Bonchev–Trinajstić information content (AvgIpc) is 3.05. The molecule has 1 aliphatic heterocycles. The molecule has 5 nitrogen and oxygen atoms in total. The van der Waals surface area contributed by atoms with Crippen LogP contribution in [0.15, 0.2) is 48.5 Å². The van der Waals surface area contributed by atoms with Gasteiger partial charge in [0.05, 0.1) is 22.3 Å². The van der Waals surface area contributed by atoms with Gasteiger partial charge in [-0.1, -0.05) is 30.3 Å². The maximum Gasteiger partial charge on any atom is 0.261 e. The Kier molecular flexibility index (Phi) is 2.78. The Hall–Kier alpha value is -3.08. The number of fused-ring (bicyclic) bond motifs is 2. The van der Waals surface area contributed by atoms with E-state index in [4.69, 9.17) is 4.84 Å². The molecule has 23 heavy (non-hydrogen) atoms. The minimum atomic E-state index is -0.281. The smallest absolute Gasteiger partial charge is 0.261 e. The van der Waals surface area contributed by atoms with Crippen molar-refractivity contribution in [2.75, 3.05) is 14.2 Å². The van der Waals surface area contributed by atoms with Crippen LogP contribution in [-0.2, 0) is 0 Å². The summed E-state index contributed by atoms with van der Waals surface area (Å²) in [6, 6.07) is 15.3. The van der Waals surface area contributed by atoms with Crippen molar-refractivity contribution in [1.82, 2.24) is 9.63 Å². The normalized spacial score (nSPS) is 13.7. The van der Waals surface area contributed by atoms with Crippen LogP contribution in [-0.4, -0.2) is 35.6 Å². The fourth-order valence-corrected chi connectivity index (χ4v) is 3.05. The van der Waals surface area contributed by atoms with E-state index >= 15 is 0 Å². The number of nitrogens with zero attached hydrogens (tertiary/aromatic N) is 2. The molecule has 0 N–H and O–H groups in total. The van der Waals surface area contributed by atoms with E-state index in [9.17, 15) is 9.59 Å². The Bertz CT molecular complexity index is 957. The van der Waals surface area contributed by atoms with E-state index in [0.717, 1.165) is 27.1 Å². The Labute approximate surface area is 132 Å². The topological polar surface area (TPSA) is 51.5 Å². The highest BCUT2D eigenvalue weighted by molar-refractivity contribution is 6.22. The monoisotopic (exact) mass is 306 g/mol. The Morgan fingerprint density at radius 3 is 2.22 bits per heavy atom. The third-order valence-corrected chi connectivity index (χ3v) is 4.22. The van der Waals surface area contributed by atoms with Gasteiger partial charge in [0.2, 0.25) is 0 Å². The Morgan fingerprint density at radius 2 is 1.57 bits per heavy atom. The summed E-state index contributed by atoms with van der Waals surface area (Å²) < 4.78 is 1.68. The summed E-state index contributed by atoms with van der Waals surface area (Å²) in [4.78, 5) is 31.0. The molecule has 0 atom stereocenters. The van der Waals surface area contributed by atoms with Crippen molar-refractivity contribution in [3.05, 3.63) is 59.7 Å². The largest absolute Gasteiger partial charge is 0.417 e. The first kappa shape index (κ1) is 13.6. The highest BCUT2D eigenvalue weighted by atomic mass is 16.6. The molecule has 0 fully saturated rings. The van der Waals surface area contributed by atoms with E-state index in [-0.39, 0.29) is 11.8 Å². The number of hydrogen-bond donors (Lipinski definition) is 0. The third kappa shape index (κ3) is 1.80. The zero-order valence-corrected chi connectivity index (χ0v) is 12.7. The molecular weight excluding hydrogens is 292 g/mol. The van der Waals surface area contributed by atoms with Gasteiger partial charge in [-0.3, -0.25) is 14.5 Å². The molecule has 0 saturated heterocycles. The molecule has 1 aromatic heterocycles. The maximum absolute atomic E-state index is 12.2. The van der Waals surface area contributed by atoms with Crippen molar-refractivity contribution in [1.29, 1.82) is 0 Å². The highest BCUT2D eigenvalue weighted by Crippen LogP contribution is 2.32. The standard InChI is InChI=1S/C18H14N2O3/c1-19-17(21)13-8-12-9-15(11-6-4-3-5-7-11)20(23-2)16(12)10-14(13)18(19)22/h3-10H,1-2H3. The third-order valence-electron chi connectivity index (χ3n) is 4.22. The number of carbonyl (C=O) groups is 2. The number of hydrogen-bond acceptors (Lipinski definition) is 3. The summed E-state index contributed by atoms with van der Waals surface area (Å²) in [5.74, 6) is -0.546. The number of aromatic nitrogens is 1. The molecule has 0 radical (unpaired) electrons. The first-order chi connectivity index (χ1) is 11.1. The molecule has 0 aliphatic carbocycles. The summed E-state index contributed by atoms with van der Waals surface area (Å²) >= 11 is 0. The van der Waals surface area contributed by atoms with E-state index in [2.05, 4.69) is 0 Å². The van der Waals surface area contributed by atoms with E-state index in [0.29, 0.717) is 11.1 Å². The lowest BCUT2D eigenvalue weighted by molar-refractivity contribution is 0.0693. The average molecular weight is 306 g/mol. The van der Waals surface area contributed by atoms with Gasteiger partial charge in [0.1, 0.15) is 7.11 Å². The van der Waals surface area contributed by atoms with Crippen LogP contribution >= 0.6 is 0 Å². The van der Waals surface area contributed by atoms with E-state index in [1.807, 2.05) is 36.4 Å². The number of rotatable bonds is 2. The first-order valence-electron chi connectivity index (χ1n) is 7.23. The lowest BCUT2D eigenvalue weighted by Gasteiger charge is -2.08. The van der Waals surface area contributed by atoms with Gasteiger partial charge in [-0.05, 0) is 18.2 Å². The second-order valence-electron chi connectivity index (χ2n) is 5.50. The number of imide groups is 1. The predicted octanol–water partition coefficient (Wildman–Crippen LogP) is 2.59. The van der Waals surface area contributed by atoms with Crippen LogP contribution in [0, 0.1) is 0 Å². The summed E-state index contributed by atoms with van der Waals surface area (Å²) in [5.41, 5.74) is 3.50. The van der Waals surface area contributed by atoms with Gasteiger partial charge in [-0.15, -0.1) is 0 Å². The van der Waals surface area contributed by atoms with Crippen LogP contribution in [0.4, 0.5) is 0 Å². The summed E-state index contributed by atoms with van der Waals surface area (Å²) in [5, 5.41) is 0.862. The maximum atomic E-state index is 12.2. The van der Waals surface area contributed by atoms with Crippen LogP contribution in [0.1, 0.15) is 20.7 Å². The second-order valence-corrected chi connectivity index (χ2v) is 5.50. The predicted molar refractivity (Wildman–Crippen MR) is 86.3 cm³/mol. The van der Waals surface area contributed by atoms with Crippen LogP contribution in [0.25, 0.3) is 22.2 Å². The molecule has 1 aliphatic rings. The van der Waals surface area contributed by atoms with Gasteiger partial charge < -0.3 is 4.84 Å². The zero-order chi connectivity index (χ0) is 16.1. The fraction of sp³-hybridized carbons (Fsp3) is 0.111. The van der Waals surface area contributed by atoms with Crippen molar-refractivity contribution in [2.24, 2.45) is 0 Å². The Morgan fingerprint density at radius 1 is 0.913 bits per heavy atom. The zero-order valence-electron chi connectivity index (χ0n) is 12.7. The molecule has 0 saturated carbocycles. The SMILES string of the molecule is COn1c(-c2ccccc2)cc2cc3c(cc21)C(=O)N(C)C3=O. The van der Waals surface area contributed by atoms with Gasteiger partial charge in [-0.2, -0.15) is 4.73 Å². The summed E-state index contributed by atoms with van der Waals surface area (Å²) in [6.45, 7) is 0. The van der Waals surface area contributed by atoms with Gasteiger partial charge in [0.25, 0.3) is 11.8 Å². The Balaban J connectivity index is 2.01. The van der Waals surface area contributed by atoms with Crippen molar-refractivity contribution in [2.45, 2.75) is 0 Å². The molecule has 2 heterocycles. The van der Waals surface area contributed by atoms with Crippen molar-refractivity contribution in [3.63, 3.8) is 0 Å². The lowest BCUT2D eigenvalue weighted by atomic mass is 10.1. The molecule has 0 unspecified atom stereocenters. The lowest BCUT2D eigenvalue weighted by Crippen LogP contribution is -2.24. The molecule has 0 bridgehead atoms. The second kappa shape index (κ2) is 4.71. The fourth-order valence-electron chi connectivity index (χ4n) is 3.05. The molecule has 5 heteroatoms. The van der Waals surface area contributed by atoms with Crippen molar-refractivity contribution >= 4 is 22.7 Å². The minimum absolute atomic E-state index is 0.265. The quantitative estimate of drug-likeness (QED) is 0.684. The van der Waals surface area contributed by atoms with Crippen LogP contribution in [0.3, 0.4) is 0 Å². The first-order valence-corrected chi connectivity index (χ1v) is 7.23. The van der Waals surface area contributed by atoms with Gasteiger partial charge in [-0.25, -0.2) is 0 Å². The van der Waals surface area contributed by atoms with Crippen LogP contribution < -0.4 is 4.84 Å². The molecular formula is C18H14N2O3. The van der Waals surface area contributed by atoms with E-state index in [1.165, 1.54) is 7.05 Å². The van der Waals surface area contributed by atoms with Gasteiger partial charge in [0, 0.05) is 18.0 Å². The molecule has 3 aromatic rings. The molecule has 114 valence electrons. The van der Waals surface area contributed by atoms with Crippen LogP contribution in [0.2, 0.25) is 0 Å². The number of carbonyl (C=O) groups excluding carboxylic acids is 2. The summed E-state index contributed by atoms with van der Waals surface area (Å²) in [6.07, 6.45) is 0. The van der Waals surface area contributed by atoms with Gasteiger partial charge in [0.15, 0.2) is 0 Å². The molecule has 2 amide bonds. The number of benzene rings is 2. The molecule has 4 rings (SSSR count). The molecule has 0 spiro atoms. The minimum Gasteiger partial charge on any atom is -0.417 e. The summed E-state index contributed by atoms with van der Waals surface area (Å²) in [7, 11) is 3.08. The molecule has 2 aromatic carbocycles. The highest BCUT2D eigenvalue weighted by Gasteiger charge is 2.33. The van der Waals surface area contributed by atoms with E-state index in [1.54, 1.807) is 24.0 Å².